The molecule has 1 N–H and O–H groups in total. The number of nitrogens with zero attached hydrogens (tertiary/aromatic N) is 1. The molecule has 6 heteroatoms. The van der Waals surface area contributed by atoms with E-state index < -0.39 is 0 Å². The van der Waals surface area contributed by atoms with E-state index in [2.05, 4.69) is 10.3 Å². The number of aromatic nitrogens is 1. The van der Waals surface area contributed by atoms with Crippen molar-refractivity contribution in [1.82, 2.24) is 10.3 Å². The number of amides is 1. The molecular weight excluding hydrogens is 351 g/mol. The molecule has 134 valence electrons. The maximum absolute atomic E-state index is 13.6. The molecule has 0 saturated carbocycles. The van der Waals surface area contributed by atoms with E-state index in [0.29, 0.717) is 5.56 Å². The lowest BCUT2D eigenvalue weighted by atomic mass is 10.2. The fraction of sp³-hybridized carbons (Fsp3) is 0.200. The highest BCUT2D eigenvalue weighted by Crippen LogP contribution is 2.30. The number of halogens is 1. The first-order chi connectivity index (χ1) is 12.6. The van der Waals surface area contributed by atoms with Gasteiger partial charge < -0.3 is 10.1 Å². The van der Waals surface area contributed by atoms with Gasteiger partial charge >= 0.3 is 0 Å². The molecular formula is C20H19FN2O2S. The van der Waals surface area contributed by atoms with E-state index in [0.717, 1.165) is 26.9 Å². The molecule has 0 saturated heterocycles. The number of carbonyl (C=O) groups excluding carboxylic acids is 1. The Morgan fingerprint density at radius 1 is 1.23 bits per heavy atom. The number of thiazole rings is 1. The number of ether oxygens (including phenoxy) is 1. The summed E-state index contributed by atoms with van der Waals surface area (Å²) < 4.78 is 18.9. The number of nitrogens with one attached hydrogen (secondary N) is 1. The van der Waals surface area contributed by atoms with Crippen molar-refractivity contribution >= 4 is 17.2 Å². The second-order valence-corrected chi connectivity index (χ2v) is 6.89. The number of hydrogen-bond acceptors (Lipinski definition) is 4. The molecule has 0 radical (unpaired) electrons. The van der Waals surface area contributed by atoms with Crippen molar-refractivity contribution in [3.05, 3.63) is 70.5 Å². The molecule has 3 aromatic rings. The van der Waals surface area contributed by atoms with Crippen molar-refractivity contribution in [3.63, 3.8) is 0 Å². The van der Waals surface area contributed by atoms with Crippen LogP contribution in [0.3, 0.4) is 0 Å². The zero-order valence-electron chi connectivity index (χ0n) is 14.6. The first-order valence-electron chi connectivity index (χ1n) is 8.17. The summed E-state index contributed by atoms with van der Waals surface area (Å²) in [5.74, 6) is 0.291. The third-order valence-corrected chi connectivity index (χ3v) is 5.17. The van der Waals surface area contributed by atoms with Crippen LogP contribution in [0.1, 0.15) is 16.1 Å². The van der Waals surface area contributed by atoms with Crippen LogP contribution in [0.4, 0.5) is 4.39 Å². The molecule has 0 aliphatic rings. The number of benzene rings is 2. The minimum Gasteiger partial charge on any atom is -0.497 e. The molecule has 0 aliphatic carbocycles. The topological polar surface area (TPSA) is 51.2 Å². The monoisotopic (exact) mass is 370 g/mol. The van der Waals surface area contributed by atoms with Crippen LogP contribution in [0.5, 0.6) is 5.75 Å². The molecule has 2 aromatic carbocycles. The Hall–Kier alpha value is -2.73. The summed E-state index contributed by atoms with van der Waals surface area (Å²) in [6, 6.07) is 14.1. The Labute approximate surface area is 155 Å². The SMILES string of the molecule is COc1cccc(-c2nc(C)c(CC(=O)NCc3ccccc3F)s2)c1. The van der Waals surface area contributed by atoms with Gasteiger partial charge in [-0.05, 0) is 25.1 Å². The van der Waals surface area contributed by atoms with Gasteiger partial charge in [0.15, 0.2) is 0 Å². The Bertz CT molecular complexity index is 924. The van der Waals surface area contributed by atoms with Gasteiger partial charge in [-0.2, -0.15) is 0 Å². The lowest BCUT2D eigenvalue weighted by molar-refractivity contribution is -0.120. The summed E-state index contributed by atoms with van der Waals surface area (Å²) >= 11 is 1.48. The zero-order chi connectivity index (χ0) is 18.5. The van der Waals surface area contributed by atoms with E-state index in [-0.39, 0.29) is 24.7 Å². The fourth-order valence-electron chi connectivity index (χ4n) is 2.52. The fourth-order valence-corrected chi connectivity index (χ4v) is 3.57. The van der Waals surface area contributed by atoms with Crippen molar-refractivity contribution in [2.75, 3.05) is 7.11 Å². The second kappa shape index (κ2) is 8.10. The van der Waals surface area contributed by atoms with Gasteiger partial charge in [0.1, 0.15) is 16.6 Å². The van der Waals surface area contributed by atoms with Crippen LogP contribution in [-0.4, -0.2) is 18.0 Å². The summed E-state index contributed by atoms with van der Waals surface area (Å²) in [5.41, 5.74) is 2.25. The molecule has 0 atom stereocenters. The second-order valence-electron chi connectivity index (χ2n) is 5.80. The van der Waals surface area contributed by atoms with E-state index in [4.69, 9.17) is 4.74 Å². The number of carbonyl (C=O) groups is 1. The molecule has 3 rings (SSSR count). The number of methoxy groups -OCH3 is 1. The van der Waals surface area contributed by atoms with Crippen LogP contribution in [0, 0.1) is 12.7 Å². The molecule has 4 nitrogen and oxygen atoms in total. The van der Waals surface area contributed by atoms with Crippen molar-refractivity contribution in [3.8, 4) is 16.3 Å². The smallest absolute Gasteiger partial charge is 0.225 e. The maximum atomic E-state index is 13.6. The number of aryl methyl sites for hydroxylation is 1. The Morgan fingerprint density at radius 3 is 2.81 bits per heavy atom. The van der Waals surface area contributed by atoms with Crippen LogP contribution < -0.4 is 10.1 Å². The van der Waals surface area contributed by atoms with Crippen LogP contribution in [0.2, 0.25) is 0 Å². The minimum absolute atomic E-state index is 0.155. The third kappa shape index (κ3) is 4.26. The summed E-state index contributed by atoms with van der Waals surface area (Å²) in [7, 11) is 1.62. The Morgan fingerprint density at radius 2 is 2.04 bits per heavy atom. The molecule has 1 aromatic heterocycles. The Balaban J connectivity index is 1.67. The van der Waals surface area contributed by atoms with Gasteiger partial charge in [0.2, 0.25) is 5.91 Å². The largest absolute Gasteiger partial charge is 0.497 e. The van der Waals surface area contributed by atoms with E-state index in [9.17, 15) is 9.18 Å². The first-order valence-corrected chi connectivity index (χ1v) is 8.99. The van der Waals surface area contributed by atoms with Gasteiger partial charge in [0.05, 0.1) is 19.2 Å². The lowest BCUT2D eigenvalue weighted by Gasteiger charge is -2.05. The van der Waals surface area contributed by atoms with Gasteiger partial charge in [0, 0.05) is 22.5 Å². The molecule has 1 amide bonds. The van der Waals surface area contributed by atoms with Crippen molar-refractivity contribution in [2.24, 2.45) is 0 Å². The molecule has 0 bridgehead atoms. The van der Waals surface area contributed by atoms with Crippen molar-refractivity contribution in [1.29, 1.82) is 0 Å². The summed E-state index contributed by atoms with van der Waals surface area (Å²) in [4.78, 5) is 17.7. The maximum Gasteiger partial charge on any atom is 0.225 e. The highest BCUT2D eigenvalue weighted by Gasteiger charge is 2.14. The average molecular weight is 370 g/mol. The number of hydrogen-bond donors (Lipinski definition) is 1. The summed E-state index contributed by atoms with van der Waals surface area (Å²) in [6.07, 6.45) is 0.224. The Kier molecular flexibility index (Phi) is 5.63. The minimum atomic E-state index is -0.318. The molecule has 26 heavy (non-hydrogen) atoms. The normalized spacial score (nSPS) is 10.6. The van der Waals surface area contributed by atoms with Gasteiger partial charge in [0.25, 0.3) is 0 Å². The highest BCUT2D eigenvalue weighted by atomic mass is 32.1. The van der Waals surface area contributed by atoms with Gasteiger partial charge in [-0.15, -0.1) is 11.3 Å². The van der Waals surface area contributed by atoms with E-state index >= 15 is 0 Å². The van der Waals surface area contributed by atoms with Crippen LogP contribution >= 0.6 is 11.3 Å². The standard InChI is InChI=1S/C20H19FN2O2S/c1-13-18(11-19(24)22-12-15-6-3-4-9-17(15)21)26-20(23-13)14-7-5-8-16(10-14)25-2/h3-10H,11-12H2,1-2H3,(H,22,24). The first kappa shape index (κ1) is 18.1. The zero-order valence-corrected chi connectivity index (χ0v) is 15.4. The quantitative estimate of drug-likeness (QED) is 0.710. The van der Waals surface area contributed by atoms with Crippen LogP contribution in [-0.2, 0) is 17.8 Å². The van der Waals surface area contributed by atoms with Gasteiger partial charge in [-0.1, -0.05) is 30.3 Å². The molecule has 0 spiro atoms. The third-order valence-electron chi connectivity index (χ3n) is 3.96. The van der Waals surface area contributed by atoms with E-state index in [1.807, 2.05) is 31.2 Å². The van der Waals surface area contributed by atoms with Gasteiger partial charge in [-0.3, -0.25) is 4.79 Å². The van der Waals surface area contributed by atoms with E-state index in [1.54, 1.807) is 25.3 Å². The summed E-state index contributed by atoms with van der Waals surface area (Å²) in [6.45, 7) is 2.06. The van der Waals surface area contributed by atoms with Crippen molar-refractivity contribution < 1.29 is 13.9 Å². The van der Waals surface area contributed by atoms with Crippen LogP contribution in [0.15, 0.2) is 48.5 Å². The molecule has 1 heterocycles. The van der Waals surface area contributed by atoms with Crippen molar-refractivity contribution in [2.45, 2.75) is 19.9 Å². The average Bonchev–Trinajstić information content (AvgIpc) is 3.01. The van der Waals surface area contributed by atoms with Crippen LogP contribution in [0.25, 0.3) is 10.6 Å². The van der Waals surface area contributed by atoms with E-state index in [1.165, 1.54) is 17.4 Å². The van der Waals surface area contributed by atoms with Gasteiger partial charge in [-0.25, -0.2) is 9.37 Å². The molecule has 0 aliphatic heterocycles. The highest BCUT2D eigenvalue weighted by molar-refractivity contribution is 7.15. The lowest BCUT2D eigenvalue weighted by Crippen LogP contribution is -2.24. The number of rotatable bonds is 6. The predicted molar refractivity (Wildman–Crippen MR) is 101 cm³/mol. The predicted octanol–water partition coefficient (Wildman–Crippen LogP) is 4.13. The summed E-state index contributed by atoms with van der Waals surface area (Å²) in [5, 5.41) is 3.61. The molecule has 0 unspecified atom stereocenters. The molecule has 0 fully saturated rings.